The SMILES string of the molecule is CC1(Cc2ccc(Br)cc2)N=N1. The zero-order valence-corrected chi connectivity index (χ0v) is 8.37. The maximum Gasteiger partial charge on any atom is 0.192 e. The Labute approximate surface area is 79.8 Å². The van der Waals surface area contributed by atoms with Gasteiger partial charge in [0.1, 0.15) is 0 Å². The van der Waals surface area contributed by atoms with Crippen molar-refractivity contribution in [2.45, 2.75) is 19.0 Å². The third-order valence-electron chi connectivity index (χ3n) is 1.89. The van der Waals surface area contributed by atoms with E-state index in [2.05, 4.69) is 38.3 Å². The summed E-state index contributed by atoms with van der Waals surface area (Å²) in [4.78, 5) is 0. The molecule has 0 aromatic heterocycles. The quantitative estimate of drug-likeness (QED) is 0.738. The number of rotatable bonds is 2. The van der Waals surface area contributed by atoms with Crippen molar-refractivity contribution in [1.29, 1.82) is 0 Å². The Balaban J connectivity index is 2.09. The molecule has 1 aliphatic rings. The monoisotopic (exact) mass is 224 g/mol. The van der Waals surface area contributed by atoms with Crippen LogP contribution in [0.2, 0.25) is 0 Å². The molecule has 0 spiro atoms. The van der Waals surface area contributed by atoms with Crippen LogP contribution in [0.3, 0.4) is 0 Å². The predicted octanol–water partition coefficient (Wildman–Crippen LogP) is 3.17. The van der Waals surface area contributed by atoms with Crippen LogP contribution >= 0.6 is 15.9 Å². The molecular formula is C9H9BrN2. The lowest BCUT2D eigenvalue weighted by Gasteiger charge is -2.03. The van der Waals surface area contributed by atoms with Crippen LogP contribution in [0.25, 0.3) is 0 Å². The third-order valence-corrected chi connectivity index (χ3v) is 2.42. The lowest BCUT2D eigenvalue weighted by atomic mass is 10.1. The van der Waals surface area contributed by atoms with Gasteiger partial charge in [-0.2, -0.15) is 10.2 Å². The van der Waals surface area contributed by atoms with Gasteiger partial charge < -0.3 is 0 Å². The molecule has 0 saturated carbocycles. The summed E-state index contributed by atoms with van der Waals surface area (Å²) in [6, 6.07) is 8.28. The van der Waals surface area contributed by atoms with Crippen LogP contribution in [0.4, 0.5) is 0 Å². The van der Waals surface area contributed by atoms with Crippen molar-refractivity contribution < 1.29 is 0 Å². The van der Waals surface area contributed by atoms with Crippen LogP contribution in [-0.2, 0) is 6.42 Å². The number of hydrogen-bond acceptors (Lipinski definition) is 2. The highest BCUT2D eigenvalue weighted by Crippen LogP contribution is 2.31. The van der Waals surface area contributed by atoms with Crippen LogP contribution in [0.15, 0.2) is 39.0 Å². The van der Waals surface area contributed by atoms with Crippen molar-refractivity contribution in [2.75, 3.05) is 0 Å². The Morgan fingerprint density at radius 2 is 1.83 bits per heavy atom. The highest BCUT2D eigenvalue weighted by Gasteiger charge is 2.33. The molecule has 3 heteroatoms. The van der Waals surface area contributed by atoms with Gasteiger partial charge in [0.25, 0.3) is 0 Å². The fraction of sp³-hybridized carbons (Fsp3) is 0.333. The maximum absolute atomic E-state index is 3.97. The van der Waals surface area contributed by atoms with Gasteiger partial charge >= 0.3 is 0 Å². The van der Waals surface area contributed by atoms with Crippen LogP contribution in [0.1, 0.15) is 12.5 Å². The molecule has 0 atom stereocenters. The molecule has 0 aliphatic carbocycles. The molecule has 2 rings (SSSR count). The standard InChI is InChI=1S/C9H9BrN2/c1-9(11-12-9)6-7-2-4-8(10)5-3-7/h2-5H,6H2,1H3. The van der Waals surface area contributed by atoms with Crippen LogP contribution < -0.4 is 0 Å². The molecule has 0 N–H and O–H groups in total. The Kier molecular flexibility index (Phi) is 1.76. The van der Waals surface area contributed by atoms with Gasteiger partial charge in [-0.15, -0.1) is 0 Å². The number of hydrogen-bond donors (Lipinski definition) is 0. The highest BCUT2D eigenvalue weighted by molar-refractivity contribution is 9.10. The Hall–Kier alpha value is -0.700. The summed E-state index contributed by atoms with van der Waals surface area (Å²) in [5.41, 5.74) is 1.17. The van der Waals surface area contributed by atoms with Gasteiger partial charge in [-0.05, 0) is 24.6 Å². The van der Waals surface area contributed by atoms with E-state index in [-0.39, 0.29) is 5.66 Å². The Bertz CT molecular complexity index is 310. The number of nitrogens with zero attached hydrogens (tertiary/aromatic N) is 2. The fourth-order valence-corrected chi connectivity index (χ4v) is 1.41. The molecule has 0 unspecified atom stereocenters. The van der Waals surface area contributed by atoms with Crippen molar-refractivity contribution in [3.8, 4) is 0 Å². The molecule has 0 bridgehead atoms. The summed E-state index contributed by atoms with van der Waals surface area (Å²) in [5.74, 6) is 0. The normalized spacial score (nSPS) is 17.8. The van der Waals surface area contributed by atoms with Crippen LogP contribution in [-0.4, -0.2) is 5.66 Å². The zero-order valence-electron chi connectivity index (χ0n) is 6.79. The molecular weight excluding hydrogens is 216 g/mol. The van der Waals surface area contributed by atoms with E-state index < -0.39 is 0 Å². The second-order valence-electron chi connectivity index (χ2n) is 3.22. The summed E-state index contributed by atoms with van der Waals surface area (Å²) in [5, 5.41) is 7.93. The van der Waals surface area contributed by atoms with E-state index in [9.17, 15) is 0 Å². The molecule has 12 heavy (non-hydrogen) atoms. The first-order valence-corrected chi connectivity index (χ1v) is 4.66. The van der Waals surface area contributed by atoms with Crippen LogP contribution in [0, 0.1) is 0 Å². The summed E-state index contributed by atoms with van der Waals surface area (Å²) >= 11 is 3.39. The van der Waals surface area contributed by atoms with E-state index in [0.717, 1.165) is 10.9 Å². The summed E-state index contributed by atoms with van der Waals surface area (Å²) in [6.07, 6.45) is 0.917. The average Bonchev–Trinajstić information content (AvgIpc) is 2.74. The zero-order chi connectivity index (χ0) is 8.60. The predicted molar refractivity (Wildman–Crippen MR) is 51.1 cm³/mol. The molecule has 1 aromatic carbocycles. The molecule has 62 valence electrons. The lowest BCUT2D eigenvalue weighted by molar-refractivity contribution is 0.662. The highest BCUT2D eigenvalue weighted by atomic mass is 79.9. The first-order chi connectivity index (χ1) is 5.68. The molecule has 1 aromatic rings. The largest absolute Gasteiger partial charge is 0.192 e. The molecule has 0 amide bonds. The topological polar surface area (TPSA) is 24.7 Å². The number of halogens is 1. The summed E-state index contributed by atoms with van der Waals surface area (Å²) in [6.45, 7) is 2.04. The minimum absolute atomic E-state index is 0.117. The Morgan fingerprint density at radius 3 is 2.33 bits per heavy atom. The van der Waals surface area contributed by atoms with Crippen molar-refractivity contribution in [3.63, 3.8) is 0 Å². The first kappa shape index (κ1) is 7.92. The van der Waals surface area contributed by atoms with E-state index in [0.29, 0.717) is 0 Å². The second kappa shape index (κ2) is 2.66. The van der Waals surface area contributed by atoms with Crippen molar-refractivity contribution in [2.24, 2.45) is 10.2 Å². The Morgan fingerprint density at radius 1 is 1.25 bits per heavy atom. The van der Waals surface area contributed by atoms with E-state index >= 15 is 0 Å². The third kappa shape index (κ3) is 1.72. The number of benzene rings is 1. The van der Waals surface area contributed by atoms with Crippen molar-refractivity contribution in [3.05, 3.63) is 34.3 Å². The summed E-state index contributed by atoms with van der Waals surface area (Å²) in [7, 11) is 0. The minimum Gasteiger partial charge on any atom is -0.159 e. The van der Waals surface area contributed by atoms with Gasteiger partial charge in [0, 0.05) is 10.9 Å². The van der Waals surface area contributed by atoms with Gasteiger partial charge in [0.15, 0.2) is 5.66 Å². The van der Waals surface area contributed by atoms with Gasteiger partial charge in [-0.3, -0.25) is 0 Å². The van der Waals surface area contributed by atoms with E-state index in [4.69, 9.17) is 0 Å². The molecule has 2 nitrogen and oxygen atoms in total. The van der Waals surface area contributed by atoms with Gasteiger partial charge in [-0.25, -0.2) is 0 Å². The van der Waals surface area contributed by atoms with Gasteiger partial charge in [0.05, 0.1) is 0 Å². The van der Waals surface area contributed by atoms with E-state index in [1.807, 2.05) is 19.1 Å². The second-order valence-corrected chi connectivity index (χ2v) is 4.14. The lowest BCUT2D eigenvalue weighted by Crippen LogP contribution is -2.07. The molecule has 1 aliphatic heterocycles. The fourth-order valence-electron chi connectivity index (χ4n) is 1.15. The molecule has 1 heterocycles. The van der Waals surface area contributed by atoms with E-state index in [1.165, 1.54) is 5.56 Å². The molecule has 0 saturated heterocycles. The maximum atomic E-state index is 3.97. The average molecular weight is 225 g/mol. The molecule has 0 radical (unpaired) electrons. The first-order valence-electron chi connectivity index (χ1n) is 3.86. The van der Waals surface area contributed by atoms with Gasteiger partial charge in [-0.1, -0.05) is 28.1 Å². The van der Waals surface area contributed by atoms with Gasteiger partial charge in [0.2, 0.25) is 0 Å². The van der Waals surface area contributed by atoms with Crippen molar-refractivity contribution in [1.82, 2.24) is 0 Å². The van der Waals surface area contributed by atoms with Crippen molar-refractivity contribution >= 4 is 15.9 Å². The van der Waals surface area contributed by atoms with E-state index in [1.54, 1.807) is 0 Å². The molecule has 0 fully saturated rings. The van der Waals surface area contributed by atoms with Crippen LogP contribution in [0.5, 0.6) is 0 Å². The minimum atomic E-state index is -0.117. The summed E-state index contributed by atoms with van der Waals surface area (Å²) < 4.78 is 1.11. The smallest absolute Gasteiger partial charge is 0.159 e.